The van der Waals surface area contributed by atoms with Gasteiger partial charge in [0.05, 0.1) is 12.9 Å². The van der Waals surface area contributed by atoms with E-state index < -0.39 is 10.0 Å². The number of benzene rings is 1. The van der Waals surface area contributed by atoms with Gasteiger partial charge in [-0.15, -0.1) is 0 Å². The standard InChI is InChI=1S/C13H19NO4S/c1-19(16,17)14-7-5-11(6-8-14)10-18-13-4-2-3-12(15)9-13/h2-4,9,11,15H,5-8,10H2,1H3. The molecule has 0 aliphatic carbocycles. The molecule has 0 atom stereocenters. The molecular weight excluding hydrogens is 266 g/mol. The molecular formula is C13H19NO4S. The van der Waals surface area contributed by atoms with Crippen LogP contribution in [-0.4, -0.2) is 43.8 Å². The molecule has 1 aliphatic heterocycles. The zero-order valence-corrected chi connectivity index (χ0v) is 11.8. The van der Waals surface area contributed by atoms with Gasteiger partial charge in [0, 0.05) is 19.2 Å². The van der Waals surface area contributed by atoms with Gasteiger partial charge in [0.1, 0.15) is 11.5 Å². The Balaban J connectivity index is 1.80. The second kappa shape index (κ2) is 5.79. The third kappa shape index (κ3) is 4.11. The summed E-state index contributed by atoms with van der Waals surface area (Å²) in [6.07, 6.45) is 2.87. The summed E-state index contributed by atoms with van der Waals surface area (Å²) in [6, 6.07) is 6.70. The molecule has 0 saturated carbocycles. The Morgan fingerprint density at radius 3 is 2.63 bits per heavy atom. The normalized spacial score (nSPS) is 18.4. The maximum absolute atomic E-state index is 11.4. The van der Waals surface area contributed by atoms with Crippen molar-refractivity contribution in [3.05, 3.63) is 24.3 Å². The molecule has 106 valence electrons. The van der Waals surface area contributed by atoms with Gasteiger partial charge in [0.2, 0.25) is 10.0 Å². The fraction of sp³-hybridized carbons (Fsp3) is 0.538. The molecule has 1 N–H and O–H groups in total. The van der Waals surface area contributed by atoms with Gasteiger partial charge < -0.3 is 9.84 Å². The monoisotopic (exact) mass is 285 g/mol. The summed E-state index contributed by atoms with van der Waals surface area (Å²) < 4.78 is 29.9. The second-order valence-corrected chi connectivity index (χ2v) is 6.90. The zero-order valence-electron chi connectivity index (χ0n) is 10.9. The van der Waals surface area contributed by atoms with Crippen LogP contribution in [-0.2, 0) is 10.0 Å². The van der Waals surface area contributed by atoms with Gasteiger partial charge >= 0.3 is 0 Å². The number of hydrogen-bond donors (Lipinski definition) is 1. The van der Waals surface area contributed by atoms with Crippen molar-refractivity contribution in [2.24, 2.45) is 5.92 Å². The number of hydrogen-bond acceptors (Lipinski definition) is 4. The van der Waals surface area contributed by atoms with E-state index in [0.29, 0.717) is 31.4 Å². The van der Waals surface area contributed by atoms with Crippen molar-refractivity contribution in [1.82, 2.24) is 4.31 Å². The van der Waals surface area contributed by atoms with Gasteiger partial charge in [-0.3, -0.25) is 0 Å². The van der Waals surface area contributed by atoms with E-state index in [2.05, 4.69) is 0 Å². The average molecular weight is 285 g/mol. The molecule has 0 amide bonds. The van der Waals surface area contributed by atoms with E-state index in [1.54, 1.807) is 24.3 Å². The largest absolute Gasteiger partial charge is 0.508 e. The molecule has 1 fully saturated rings. The van der Waals surface area contributed by atoms with Crippen LogP contribution in [0.2, 0.25) is 0 Å². The summed E-state index contributed by atoms with van der Waals surface area (Å²) in [6.45, 7) is 1.68. The summed E-state index contributed by atoms with van der Waals surface area (Å²) in [5, 5.41) is 9.32. The highest BCUT2D eigenvalue weighted by Gasteiger charge is 2.25. The third-order valence-corrected chi connectivity index (χ3v) is 4.65. The van der Waals surface area contributed by atoms with E-state index in [1.165, 1.54) is 10.6 Å². The lowest BCUT2D eigenvalue weighted by Crippen LogP contribution is -2.39. The molecule has 5 nitrogen and oxygen atoms in total. The van der Waals surface area contributed by atoms with Gasteiger partial charge in [0.25, 0.3) is 0 Å². The number of phenols is 1. The number of ether oxygens (including phenoxy) is 1. The maximum atomic E-state index is 11.4. The third-order valence-electron chi connectivity index (χ3n) is 3.35. The molecule has 1 saturated heterocycles. The Labute approximate surface area is 113 Å². The lowest BCUT2D eigenvalue weighted by Gasteiger charge is -2.30. The Morgan fingerprint density at radius 1 is 1.37 bits per heavy atom. The summed E-state index contributed by atoms with van der Waals surface area (Å²) in [4.78, 5) is 0. The molecule has 0 bridgehead atoms. The van der Waals surface area contributed by atoms with Crippen LogP contribution in [0, 0.1) is 5.92 Å². The van der Waals surface area contributed by atoms with Gasteiger partial charge in [0.15, 0.2) is 0 Å². The topological polar surface area (TPSA) is 66.8 Å². The second-order valence-electron chi connectivity index (χ2n) is 4.91. The van der Waals surface area contributed by atoms with Crippen molar-refractivity contribution in [2.45, 2.75) is 12.8 Å². The summed E-state index contributed by atoms with van der Waals surface area (Å²) in [5.41, 5.74) is 0. The zero-order chi connectivity index (χ0) is 13.9. The van der Waals surface area contributed by atoms with Gasteiger partial charge in [-0.1, -0.05) is 6.07 Å². The van der Waals surface area contributed by atoms with E-state index in [9.17, 15) is 13.5 Å². The van der Waals surface area contributed by atoms with Crippen LogP contribution in [0.3, 0.4) is 0 Å². The number of piperidine rings is 1. The first-order chi connectivity index (χ1) is 8.95. The number of sulfonamides is 1. The van der Waals surface area contributed by atoms with Crippen molar-refractivity contribution in [2.75, 3.05) is 26.0 Å². The Morgan fingerprint density at radius 2 is 2.05 bits per heavy atom. The minimum atomic E-state index is -3.06. The SMILES string of the molecule is CS(=O)(=O)N1CCC(COc2cccc(O)c2)CC1. The molecule has 0 aromatic heterocycles. The smallest absolute Gasteiger partial charge is 0.211 e. The lowest BCUT2D eigenvalue weighted by atomic mass is 9.99. The highest BCUT2D eigenvalue weighted by atomic mass is 32.2. The number of nitrogens with zero attached hydrogens (tertiary/aromatic N) is 1. The van der Waals surface area contributed by atoms with Crippen molar-refractivity contribution in [1.29, 1.82) is 0 Å². The predicted molar refractivity (Wildman–Crippen MR) is 72.7 cm³/mol. The average Bonchev–Trinajstić information content (AvgIpc) is 2.36. The number of phenolic OH excluding ortho intramolecular Hbond substituents is 1. The van der Waals surface area contributed by atoms with Crippen molar-refractivity contribution < 1.29 is 18.3 Å². The Hall–Kier alpha value is -1.27. The van der Waals surface area contributed by atoms with E-state index >= 15 is 0 Å². The molecule has 19 heavy (non-hydrogen) atoms. The maximum Gasteiger partial charge on any atom is 0.211 e. The molecule has 1 aliphatic rings. The fourth-order valence-electron chi connectivity index (χ4n) is 2.19. The van der Waals surface area contributed by atoms with Gasteiger partial charge in [-0.05, 0) is 30.9 Å². The van der Waals surface area contributed by atoms with Crippen LogP contribution in [0.1, 0.15) is 12.8 Å². The van der Waals surface area contributed by atoms with Crippen LogP contribution in [0.5, 0.6) is 11.5 Å². The van der Waals surface area contributed by atoms with Crippen LogP contribution < -0.4 is 4.74 Å². The van der Waals surface area contributed by atoms with Crippen LogP contribution >= 0.6 is 0 Å². The molecule has 0 spiro atoms. The first-order valence-electron chi connectivity index (χ1n) is 6.32. The van der Waals surface area contributed by atoms with E-state index in [0.717, 1.165) is 12.8 Å². The molecule has 1 aromatic carbocycles. The Kier molecular flexibility index (Phi) is 4.31. The first kappa shape index (κ1) is 14.1. The molecule has 1 heterocycles. The lowest BCUT2D eigenvalue weighted by molar-refractivity contribution is 0.185. The summed E-state index contributed by atoms with van der Waals surface area (Å²) in [5.74, 6) is 1.19. The molecule has 0 radical (unpaired) electrons. The van der Waals surface area contributed by atoms with Gasteiger partial charge in [-0.2, -0.15) is 0 Å². The summed E-state index contributed by atoms with van der Waals surface area (Å²) >= 11 is 0. The molecule has 1 aromatic rings. The van der Waals surface area contributed by atoms with Crippen molar-refractivity contribution in [3.63, 3.8) is 0 Å². The van der Waals surface area contributed by atoms with E-state index in [4.69, 9.17) is 4.74 Å². The minimum Gasteiger partial charge on any atom is -0.508 e. The highest BCUT2D eigenvalue weighted by molar-refractivity contribution is 7.88. The van der Waals surface area contributed by atoms with Crippen molar-refractivity contribution in [3.8, 4) is 11.5 Å². The van der Waals surface area contributed by atoms with Crippen LogP contribution in [0.15, 0.2) is 24.3 Å². The van der Waals surface area contributed by atoms with E-state index in [-0.39, 0.29) is 5.75 Å². The van der Waals surface area contributed by atoms with Crippen LogP contribution in [0.25, 0.3) is 0 Å². The first-order valence-corrected chi connectivity index (χ1v) is 8.17. The minimum absolute atomic E-state index is 0.185. The van der Waals surface area contributed by atoms with Crippen molar-refractivity contribution >= 4 is 10.0 Å². The summed E-state index contributed by atoms with van der Waals surface area (Å²) in [7, 11) is -3.06. The molecule has 0 unspecified atom stereocenters. The predicted octanol–water partition coefficient (Wildman–Crippen LogP) is 1.44. The molecule has 2 rings (SSSR count). The number of rotatable bonds is 4. The quantitative estimate of drug-likeness (QED) is 0.909. The van der Waals surface area contributed by atoms with E-state index in [1.807, 2.05) is 0 Å². The highest BCUT2D eigenvalue weighted by Crippen LogP contribution is 2.22. The Bertz CT molecular complexity index is 521. The molecule has 6 heteroatoms. The van der Waals surface area contributed by atoms with Gasteiger partial charge in [-0.25, -0.2) is 12.7 Å². The number of aromatic hydroxyl groups is 1. The fourth-order valence-corrected chi connectivity index (χ4v) is 3.07. The van der Waals surface area contributed by atoms with Crippen LogP contribution in [0.4, 0.5) is 0 Å².